The van der Waals surface area contributed by atoms with E-state index in [0.29, 0.717) is 5.92 Å². The van der Waals surface area contributed by atoms with Crippen molar-refractivity contribution < 1.29 is 5.11 Å². The Hall–Kier alpha value is -0.0800. The van der Waals surface area contributed by atoms with Crippen LogP contribution in [0.2, 0.25) is 0 Å². The number of hydrogen-bond donors (Lipinski definition) is 1. The maximum absolute atomic E-state index is 9.73. The van der Waals surface area contributed by atoms with Crippen molar-refractivity contribution in [2.75, 3.05) is 20.1 Å². The Balaban J connectivity index is 2.46. The van der Waals surface area contributed by atoms with E-state index < -0.39 is 5.60 Å². The average Bonchev–Trinajstić information content (AvgIpc) is 1.86. The zero-order valence-corrected chi connectivity index (χ0v) is 7.80. The van der Waals surface area contributed by atoms with E-state index in [2.05, 4.69) is 11.9 Å². The van der Waals surface area contributed by atoms with Gasteiger partial charge in [0.1, 0.15) is 0 Å². The molecule has 1 aliphatic heterocycles. The lowest BCUT2D eigenvalue weighted by atomic mass is 9.84. The maximum atomic E-state index is 9.73. The average molecular weight is 157 g/mol. The van der Waals surface area contributed by atoms with Crippen molar-refractivity contribution in [1.29, 1.82) is 0 Å². The van der Waals surface area contributed by atoms with Crippen LogP contribution in [0, 0.1) is 5.92 Å². The number of rotatable bonds is 1. The lowest BCUT2D eigenvalue weighted by Gasteiger charge is -2.36. The molecule has 0 spiro atoms. The molecule has 1 N–H and O–H groups in total. The Morgan fingerprint density at radius 3 is 2.45 bits per heavy atom. The fourth-order valence-electron chi connectivity index (χ4n) is 1.74. The molecular weight excluding hydrogens is 138 g/mol. The van der Waals surface area contributed by atoms with E-state index in [-0.39, 0.29) is 0 Å². The van der Waals surface area contributed by atoms with Crippen molar-refractivity contribution in [2.45, 2.75) is 32.3 Å². The van der Waals surface area contributed by atoms with E-state index in [1.165, 1.54) is 19.4 Å². The zero-order valence-electron chi connectivity index (χ0n) is 7.80. The summed E-state index contributed by atoms with van der Waals surface area (Å²) in [6, 6.07) is 0. The molecule has 0 aromatic carbocycles. The largest absolute Gasteiger partial charge is 0.390 e. The Bertz CT molecular complexity index is 128. The Labute approximate surface area is 69.2 Å². The van der Waals surface area contributed by atoms with Gasteiger partial charge < -0.3 is 10.0 Å². The third-order valence-electron chi connectivity index (χ3n) is 2.62. The number of nitrogens with zero attached hydrogens (tertiary/aromatic N) is 1. The second-order valence-electron chi connectivity index (χ2n) is 4.26. The molecule has 2 nitrogen and oxygen atoms in total. The first-order valence-electron chi connectivity index (χ1n) is 4.41. The third-order valence-corrected chi connectivity index (χ3v) is 2.62. The predicted octanol–water partition coefficient (Wildman–Crippen LogP) is 1.10. The molecule has 1 rings (SSSR count). The Morgan fingerprint density at radius 1 is 1.45 bits per heavy atom. The van der Waals surface area contributed by atoms with Crippen LogP contribution in [0.4, 0.5) is 0 Å². The molecule has 2 heteroatoms. The van der Waals surface area contributed by atoms with Crippen LogP contribution in [-0.2, 0) is 0 Å². The summed E-state index contributed by atoms with van der Waals surface area (Å²) < 4.78 is 0. The van der Waals surface area contributed by atoms with Gasteiger partial charge in [-0.3, -0.25) is 0 Å². The maximum Gasteiger partial charge on any atom is 0.0632 e. The van der Waals surface area contributed by atoms with Gasteiger partial charge in [-0.25, -0.2) is 0 Å². The van der Waals surface area contributed by atoms with Gasteiger partial charge in [0.2, 0.25) is 0 Å². The van der Waals surface area contributed by atoms with Crippen LogP contribution in [0.15, 0.2) is 0 Å². The first-order valence-corrected chi connectivity index (χ1v) is 4.41. The normalized spacial score (nSPS) is 28.9. The summed E-state index contributed by atoms with van der Waals surface area (Å²) in [4.78, 5) is 2.30. The minimum Gasteiger partial charge on any atom is -0.390 e. The summed E-state index contributed by atoms with van der Waals surface area (Å²) >= 11 is 0. The van der Waals surface area contributed by atoms with Gasteiger partial charge in [-0.05, 0) is 46.2 Å². The SMILES string of the molecule is CN1CCCC(C(C)(C)O)C1. The van der Waals surface area contributed by atoms with Gasteiger partial charge in [-0.1, -0.05) is 0 Å². The van der Waals surface area contributed by atoms with E-state index in [4.69, 9.17) is 0 Å². The monoisotopic (exact) mass is 157 g/mol. The number of likely N-dealkylation sites (tertiary alicyclic amines) is 1. The molecule has 11 heavy (non-hydrogen) atoms. The molecule has 0 amide bonds. The minimum atomic E-state index is -0.491. The summed E-state index contributed by atoms with van der Waals surface area (Å²) in [6.45, 7) is 6.06. The quantitative estimate of drug-likeness (QED) is 0.616. The second-order valence-corrected chi connectivity index (χ2v) is 4.26. The first-order chi connectivity index (χ1) is 5.00. The molecule has 1 unspecified atom stereocenters. The lowest BCUT2D eigenvalue weighted by Crippen LogP contribution is -2.42. The van der Waals surface area contributed by atoms with Gasteiger partial charge in [-0.15, -0.1) is 0 Å². The van der Waals surface area contributed by atoms with Crippen LogP contribution in [0.25, 0.3) is 0 Å². The summed E-state index contributed by atoms with van der Waals surface area (Å²) in [5, 5.41) is 9.73. The van der Waals surface area contributed by atoms with Crippen molar-refractivity contribution in [3.8, 4) is 0 Å². The van der Waals surface area contributed by atoms with E-state index in [9.17, 15) is 5.11 Å². The molecule has 66 valence electrons. The van der Waals surface area contributed by atoms with Gasteiger partial charge in [0.15, 0.2) is 0 Å². The second kappa shape index (κ2) is 3.11. The Morgan fingerprint density at radius 2 is 2.09 bits per heavy atom. The van der Waals surface area contributed by atoms with Gasteiger partial charge in [0.25, 0.3) is 0 Å². The molecule has 0 bridgehead atoms. The highest BCUT2D eigenvalue weighted by atomic mass is 16.3. The van der Waals surface area contributed by atoms with Crippen LogP contribution < -0.4 is 0 Å². The zero-order chi connectivity index (χ0) is 8.48. The molecule has 0 saturated carbocycles. The molecular formula is C9H19NO. The van der Waals surface area contributed by atoms with E-state index in [1.54, 1.807) is 0 Å². The van der Waals surface area contributed by atoms with Crippen LogP contribution in [0.1, 0.15) is 26.7 Å². The van der Waals surface area contributed by atoms with E-state index in [1.807, 2.05) is 13.8 Å². The first kappa shape index (κ1) is 9.01. The van der Waals surface area contributed by atoms with Gasteiger partial charge in [-0.2, -0.15) is 0 Å². The van der Waals surface area contributed by atoms with Crippen LogP contribution in [0.3, 0.4) is 0 Å². The smallest absolute Gasteiger partial charge is 0.0632 e. The summed E-state index contributed by atoms with van der Waals surface area (Å²) in [6.07, 6.45) is 2.40. The molecule has 0 radical (unpaired) electrons. The van der Waals surface area contributed by atoms with Crippen molar-refractivity contribution in [3.05, 3.63) is 0 Å². The van der Waals surface area contributed by atoms with E-state index >= 15 is 0 Å². The molecule has 1 aliphatic rings. The molecule has 1 fully saturated rings. The van der Waals surface area contributed by atoms with Crippen molar-refractivity contribution >= 4 is 0 Å². The van der Waals surface area contributed by atoms with Crippen molar-refractivity contribution in [1.82, 2.24) is 4.90 Å². The lowest BCUT2D eigenvalue weighted by molar-refractivity contribution is -0.0135. The molecule has 1 saturated heterocycles. The predicted molar refractivity (Wildman–Crippen MR) is 46.5 cm³/mol. The summed E-state index contributed by atoms with van der Waals surface area (Å²) in [5.74, 6) is 0.459. The highest BCUT2D eigenvalue weighted by molar-refractivity contribution is 4.82. The molecule has 0 aliphatic carbocycles. The van der Waals surface area contributed by atoms with Gasteiger partial charge >= 0.3 is 0 Å². The van der Waals surface area contributed by atoms with Crippen LogP contribution in [0.5, 0.6) is 0 Å². The standard InChI is InChI=1S/C9H19NO/c1-9(2,11)8-5-4-6-10(3)7-8/h8,11H,4-7H2,1-3H3. The van der Waals surface area contributed by atoms with Gasteiger partial charge in [0.05, 0.1) is 5.60 Å². The molecule has 0 aromatic rings. The van der Waals surface area contributed by atoms with Crippen LogP contribution >= 0.6 is 0 Å². The number of piperidine rings is 1. The summed E-state index contributed by atoms with van der Waals surface area (Å²) in [5.41, 5.74) is -0.491. The van der Waals surface area contributed by atoms with E-state index in [0.717, 1.165) is 6.54 Å². The third kappa shape index (κ3) is 2.46. The summed E-state index contributed by atoms with van der Waals surface area (Å²) in [7, 11) is 2.12. The topological polar surface area (TPSA) is 23.5 Å². The molecule has 1 atom stereocenters. The molecule has 1 heterocycles. The fourth-order valence-corrected chi connectivity index (χ4v) is 1.74. The minimum absolute atomic E-state index is 0.459. The molecule has 0 aromatic heterocycles. The van der Waals surface area contributed by atoms with Crippen molar-refractivity contribution in [2.24, 2.45) is 5.92 Å². The highest BCUT2D eigenvalue weighted by Gasteiger charge is 2.29. The highest BCUT2D eigenvalue weighted by Crippen LogP contribution is 2.25. The number of hydrogen-bond acceptors (Lipinski definition) is 2. The van der Waals surface area contributed by atoms with Crippen molar-refractivity contribution in [3.63, 3.8) is 0 Å². The Kier molecular flexibility index (Phi) is 2.55. The number of aliphatic hydroxyl groups is 1. The van der Waals surface area contributed by atoms with Gasteiger partial charge in [0, 0.05) is 6.54 Å². The van der Waals surface area contributed by atoms with Crippen LogP contribution in [-0.4, -0.2) is 35.7 Å². The fraction of sp³-hybridized carbons (Fsp3) is 1.00.